The second-order valence-corrected chi connectivity index (χ2v) is 10.9. The lowest BCUT2D eigenvalue weighted by Crippen LogP contribution is -2.32. The van der Waals surface area contributed by atoms with Crippen molar-refractivity contribution in [3.63, 3.8) is 0 Å². The Morgan fingerprint density at radius 2 is 1.51 bits per heavy atom. The number of carbonyl (C=O) groups is 1. The van der Waals surface area contributed by atoms with E-state index in [-0.39, 0.29) is 11.9 Å². The summed E-state index contributed by atoms with van der Waals surface area (Å²) in [6.45, 7) is 13.7. The van der Waals surface area contributed by atoms with Crippen LogP contribution in [0.15, 0.2) is 105 Å². The van der Waals surface area contributed by atoms with Crippen LogP contribution in [-0.4, -0.2) is 29.0 Å². The number of esters is 1. The molecule has 196 valence electrons. The van der Waals surface area contributed by atoms with E-state index in [0.29, 0.717) is 6.42 Å². The Hall–Kier alpha value is -3.05. The largest absolute Gasteiger partial charge is 0.458 e. The second kappa shape index (κ2) is 14.6. The van der Waals surface area contributed by atoms with Gasteiger partial charge < -0.3 is 4.74 Å². The predicted octanol–water partition coefficient (Wildman–Crippen LogP) is 8.48. The molecule has 5 heteroatoms. The molecule has 0 bridgehead atoms. The van der Waals surface area contributed by atoms with Crippen molar-refractivity contribution in [2.75, 3.05) is 0 Å². The van der Waals surface area contributed by atoms with Gasteiger partial charge in [0.15, 0.2) is 6.04 Å². The highest BCUT2D eigenvalue weighted by molar-refractivity contribution is 9.11. The van der Waals surface area contributed by atoms with E-state index in [4.69, 9.17) is 14.7 Å². The van der Waals surface area contributed by atoms with Crippen LogP contribution in [0.5, 0.6) is 0 Å². The molecule has 1 atom stereocenters. The highest BCUT2D eigenvalue weighted by Crippen LogP contribution is 2.21. The van der Waals surface area contributed by atoms with Gasteiger partial charge >= 0.3 is 5.97 Å². The molecule has 0 radical (unpaired) electrons. The van der Waals surface area contributed by atoms with E-state index >= 15 is 0 Å². The highest BCUT2D eigenvalue weighted by atomic mass is 79.9. The molecule has 0 aliphatic rings. The Bertz CT molecular complexity index is 1130. The molecule has 0 saturated heterocycles. The third-order valence-electron chi connectivity index (χ3n) is 5.27. The topological polar surface area (TPSA) is 51.0 Å². The summed E-state index contributed by atoms with van der Waals surface area (Å²) in [7, 11) is 0. The molecule has 2 aromatic rings. The van der Waals surface area contributed by atoms with E-state index in [9.17, 15) is 4.79 Å². The lowest BCUT2D eigenvalue weighted by molar-refractivity contribution is -0.156. The van der Waals surface area contributed by atoms with Crippen LogP contribution < -0.4 is 0 Å². The molecule has 0 unspecified atom stereocenters. The van der Waals surface area contributed by atoms with Gasteiger partial charge in [0.2, 0.25) is 0 Å². The Labute approximate surface area is 231 Å². The fourth-order valence-corrected chi connectivity index (χ4v) is 3.98. The minimum Gasteiger partial charge on any atom is -0.458 e. The number of nitrogens with zero attached hydrogens (tertiary/aromatic N) is 2. The smallest absolute Gasteiger partial charge is 0.331 e. The molecule has 0 fully saturated rings. The van der Waals surface area contributed by atoms with Gasteiger partial charge in [0.05, 0.1) is 5.71 Å². The highest BCUT2D eigenvalue weighted by Gasteiger charge is 2.27. The maximum Gasteiger partial charge on any atom is 0.331 e. The quantitative estimate of drug-likeness (QED) is 0.165. The molecule has 0 aliphatic heterocycles. The number of carbonyl (C=O) groups excluding carboxylic acids is 1. The average Bonchev–Trinajstić information content (AvgIpc) is 2.85. The molecule has 0 heterocycles. The maximum absolute atomic E-state index is 13.5. The van der Waals surface area contributed by atoms with Crippen molar-refractivity contribution in [1.82, 2.24) is 0 Å². The molecule has 0 saturated carbocycles. The molecular weight excluding hydrogens is 524 g/mol. The van der Waals surface area contributed by atoms with E-state index in [1.165, 1.54) is 0 Å². The number of hydrogen-bond donors (Lipinski definition) is 0. The van der Waals surface area contributed by atoms with Crippen molar-refractivity contribution in [2.24, 2.45) is 15.9 Å². The number of allylic oxidation sites excluding steroid dienone is 5. The van der Waals surface area contributed by atoms with E-state index in [1.54, 1.807) is 0 Å². The monoisotopic (exact) mass is 562 g/mol. The zero-order valence-electron chi connectivity index (χ0n) is 23.0. The standard InChI is InChI=1S/C32H39BrN2O2/c1-8-16-26(33)21-28(23(3)4)34-27(9-2)22-29(31(36)37-32(5,6)7)35-30(24-17-12-10-13-18-24)25-19-14-11-15-20-25/h8-21,23,29H,22H2,1-7H3/b16-8-,26-21+,27-9-,34-28-/t29-/m0/s1. The van der Waals surface area contributed by atoms with E-state index in [1.807, 2.05) is 120 Å². The molecule has 0 N–H and O–H groups in total. The van der Waals surface area contributed by atoms with Crippen LogP contribution in [0.3, 0.4) is 0 Å². The summed E-state index contributed by atoms with van der Waals surface area (Å²) in [5.74, 6) is -0.177. The van der Waals surface area contributed by atoms with Crippen LogP contribution in [0.2, 0.25) is 0 Å². The normalized spacial score (nSPS) is 14.1. The lowest BCUT2D eigenvalue weighted by Gasteiger charge is -2.23. The van der Waals surface area contributed by atoms with Gasteiger partial charge in [-0.1, -0.05) is 109 Å². The van der Waals surface area contributed by atoms with Gasteiger partial charge in [0, 0.05) is 33.4 Å². The fourth-order valence-electron chi connectivity index (χ4n) is 3.48. The molecule has 2 rings (SSSR count). The van der Waals surface area contributed by atoms with Crippen molar-refractivity contribution in [3.05, 3.63) is 106 Å². The van der Waals surface area contributed by atoms with Crippen molar-refractivity contribution in [3.8, 4) is 0 Å². The second-order valence-electron chi connectivity index (χ2n) is 9.96. The predicted molar refractivity (Wildman–Crippen MR) is 161 cm³/mol. The van der Waals surface area contributed by atoms with Crippen LogP contribution in [-0.2, 0) is 9.53 Å². The minimum absolute atomic E-state index is 0.195. The third-order valence-corrected chi connectivity index (χ3v) is 5.76. The first-order valence-corrected chi connectivity index (χ1v) is 13.5. The Kier molecular flexibility index (Phi) is 11.9. The Balaban J connectivity index is 2.61. The summed E-state index contributed by atoms with van der Waals surface area (Å²) < 4.78 is 6.76. The molecule has 4 nitrogen and oxygen atoms in total. The van der Waals surface area contributed by atoms with E-state index < -0.39 is 11.6 Å². The number of rotatable bonds is 10. The third kappa shape index (κ3) is 10.5. The summed E-state index contributed by atoms with van der Waals surface area (Å²) in [6, 6.07) is 19.1. The molecule has 0 aliphatic carbocycles. The molecule has 0 amide bonds. The van der Waals surface area contributed by atoms with Crippen LogP contribution in [0.4, 0.5) is 0 Å². The first-order valence-electron chi connectivity index (χ1n) is 12.7. The summed E-state index contributed by atoms with van der Waals surface area (Å²) in [5.41, 5.74) is 3.68. The van der Waals surface area contributed by atoms with E-state index in [0.717, 1.165) is 32.7 Å². The van der Waals surface area contributed by atoms with Gasteiger partial charge in [-0.05, 0) is 46.6 Å². The Morgan fingerprint density at radius 3 is 1.95 bits per heavy atom. The van der Waals surface area contributed by atoms with Crippen molar-refractivity contribution < 1.29 is 9.53 Å². The molecule has 0 spiro atoms. The lowest BCUT2D eigenvalue weighted by atomic mass is 10.0. The van der Waals surface area contributed by atoms with Crippen molar-refractivity contribution in [1.29, 1.82) is 0 Å². The maximum atomic E-state index is 13.5. The number of hydrogen-bond acceptors (Lipinski definition) is 4. The molecule has 2 aromatic carbocycles. The SMILES string of the molecule is C\C=C/C(Br)=C\C(=N\C(=C/C)C[C@H](N=C(c1ccccc1)c1ccccc1)C(=O)OC(C)(C)C)C(C)C. The Morgan fingerprint density at radius 1 is 0.973 bits per heavy atom. The number of aliphatic imine (C=N–C) groups is 2. The summed E-state index contributed by atoms with van der Waals surface area (Å²) in [5, 5.41) is 0. The van der Waals surface area contributed by atoms with Gasteiger partial charge in [-0.2, -0.15) is 0 Å². The number of halogens is 1. The fraction of sp³-hybridized carbons (Fsp3) is 0.344. The van der Waals surface area contributed by atoms with Gasteiger partial charge in [0.25, 0.3) is 0 Å². The van der Waals surface area contributed by atoms with Gasteiger partial charge in [0.1, 0.15) is 5.60 Å². The first kappa shape index (κ1) is 30.2. The zero-order valence-corrected chi connectivity index (χ0v) is 24.6. The van der Waals surface area contributed by atoms with E-state index in [2.05, 4.69) is 29.8 Å². The summed E-state index contributed by atoms with van der Waals surface area (Å²) >= 11 is 3.59. The van der Waals surface area contributed by atoms with Gasteiger partial charge in [-0.15, -0.1) is 0 Å². The number of benzene rings is 2. The molecule has 0 aromatic heterocycles. The summed E-state index contributed by atoms with van der Waals surface area (Å²) in [6.07, 6.45) is 8.22. The summed E-state index contributed by atoms with van der Waals surface area (Å²) in [4.78, 5) is 23.4. The van der Waals surface area contributed by atoms with Crippen molar-refractivity contribution >= 4 is 33.3 Å². The van der Waals surface area contributed by atoms with Gasteiger partial charge in [-0.25, -0.2) is 4.79 Å². The van der Waals surface area contributed by atoms with Crippen LogP contribution in [0, 0.1) is 5.92 Å². The average molecular weight is 564 g/mol. The van der Waals surface area contributed by atoms with Crippen LogP contribution >= 0.6 is 15.9 Å². The minimum atomic E-state index is -0.763. The van der Waals surface area contributed by atoms with Gasteiger partial charge in [-0.3, -0.25) is 9.98 Å². The first-order chi connectivity index (χ1) is 17.5. The zero-order chi connectivity index (χ0) is 27.4. The van der Waals surface area contributed by atoms with Crippen LogP contribution in [0.25, 0.3) is 0 Å². The number of ether oxygens (including phenoxy) is 1. The van der Waals surface area contributed by atoms with Crippen molar-refractivity contribution in [2.45, 2.75) is 66.5 Å². The molecular formula is C32H39BrN2O2. The van der Waals surface area contributed by atoms with Crippen LogP contribution in [0.1, 0.15) is 66.0 Å². The molecule has 37 heavy (non-hydrogen) atoms.